The lowest BCUT2D eigenvalue weighted by molar-refractivity contribution is 0.617. The summed E-state index contributed by atoms with van der Waals surface area (Å²) in [6, 6.07) is 2.31. The number of hydrogen-bond acceptors (Lipinski definition) is 2. The minimum atomic E-state index is 0.714. The van der Waals surface area contributed by atoms with Gasteiger partial charge in [0.25, 0.3) is 0 Å². The van der Waals surface area contributed by atoms with Crippen molar-refractivity contribution in [3.8, 4) is 0 Å². The third kappa shape index (κ3) is 2.13. The maximum Gasteiger partial charge on any atom is 0.0461 e. The van der Waals surface area contributed by atoms with E-state index >= 15 is 0 Å². The first-order valence-electron chi connectivity index (χ1n) is 5.43. The second-order valence-corrected chi connectivity index (χ2v) is 4.47. The maximum absolute atomic E-state index is 4.53. The quantitative estimate of drug-likeness (QED) is 0.770. The summed E-state index contributed by atoms with van der Waals surface area (Å²) in [4.78, 5) is 4.53. The largest absolute Gasteiger partial charge is 0.312 e. The van der Waals surface area contributed by atoms with Crippen molar-refractivity contribution in [1.82, 2.24) is 10.3 Å². The lowest BCUT2D eigenvalue weighted by Crippen LogP contribution is -2.24. The average Bonchev–Trinajstić information content (AvgIpc) is 2.17. The van der Waals surface area contributed by atoms with Crippen LogP contribution in [0.25, 0.3) is 0 Å². The van der Waals surface area contributed by atoms with Crippen LogP contribution in [-0.4, -0.2) is 11.5 Å². The molecule has 1 aliphatic rings. The van der Waals surface area contributed by atoms with Gasteiger partial charge in [0.2, 0.25) is 0 Å². The van der Waals surface area contributed by atoms with Gasteiger partial charge < -0.3 is 5.32 Å². The summed E-state index contributed by atoms with van der Waals surface area (Å²) >= 11 is 0. The van der Waals surface area contributed by atoms with Gasteiger partial charge in [-0.1, -0.05) is 19.9 Å². The van der Waals surface area contributed by atoms with Crippen molar-refractivity contribution in [3.05, 3.63) is 29.1 Å². The predicted molar refractivity (Wildman–Crippen MR) is 58.2 cm³/mol. The summed E-state index contributed by atoms with van der Waals surface area (Å²) in [6.45, 7) is 6.56. The Morgan fingerprint density at radius 3 is 3.14 bits per heavy atom. The first-order chi connectivity index (χ1) is 6.75. The summed E-state index contributed by atoms with van der Waals surface area (Å²) in [7, 11) is 0. The average molecular weight is 190 g/mol. The molecule has 14 heavy (non-hydrogen) atoms. The molecule has 1 N–H and O–H groups in total. The van der Waals surface area contributed by atoms with Gasteiger partial charge in [-0.25, -0.2) is 0 Å². The van der Waals surface area contributed by atoms with Gasteiger partial charge >= 0.3 is 0 Å². The van der Waals surface area contributed by atoms with Gasteiger partial charge in [-0.2, -0.15) is 0 Å². The standard InChI is InChI=1S/C12H18N2/c1-9(2)5-10-6-11-8-13-4-3-12(11)14-7-10/h6-7,9,13H,3-5,8H2,1-2H3. The molecule has 1 aromatic rings. The Morgan fingerprint density at radius 2 is 2.36 bits per heavy atom. The molecule has 0 unspecified atom stereocenters. The van der Waals surface area contributed by atoms with E-state index in [2.05, 4.69) is 30.2 Å². The van der Waals surface area contributed by atoms with E-state index in [0.717, 1.165) is 25.9 Å². The summed E-state index contributed by atoms with van der Waals surface area (Å²) in [5.74, 6) is 0.714. The van der Waals surface area contributed by atoms with Crippen molar-refractivity contribution in [2.45, 2.75) is 33.2 Å². The van der Waals surface area contributed by atoms with Crippen LogP contribution in [0.4, 0.5) is 0 Å². The zero-order valence-electron chi connectivity index (χ0n) is 9.01. The van der Waals surface area contributed by atoms with Gasteiger partial charge in [-0.15, -0.1) is 0 Å². The van der Waals surface area contributed by atoms with Crippen molar-refractivity contribution in [2.24, 2.45) is 5.92 Å². The van der Waals surface area contributed by atoms with Crippen LogP contribution >= 0.6 is 0 Å². The van der Waals surface area contributed by atoms with Gasteiger partial charge in [0.15, 0.2) is 0 Å². The fourth-order valence-corrected chi connectivity index (χ4v) is 1.98. The van der Waals surface area contributed by atoms with E-state index in [1.807, 2.05) is 6.20 Å². The highest BCUT2D eigenvalue weighted by Gasteiger charge is 2.10. The number of rotatable bonds is 2. The highest BCUT2D eigenvalue weighted by Crippen LogP contribution is 2.15. The Balaban J connectivity index is 2.20. The van der Waals surface area contributed by atoms with E-state index in [-0.39, 0.29) is 0 Å². The summed E-state index contributed by atoms with van der Waals surface area (Å²) in [6.07, 6.45) is 4.27. The minimum absolute atomic E-state index is 0.714. The topological polar surface area (TPSA) is 24.9 Å². The summed E-state index contributed by atoms with van der Waals surface area (Å²) in [5, 5.41) is 3.38. The van der Waals surface area contributed by atoms with Crippen molar-refractivity contribution in [2.75, 3.05) is 6.54 Å². The normalized spacial score (nSPS) is 15.6. The molecule has 2 rings (SSSR count). The highest BCUT2D eigenvalue weighted by atomic mass is 14.9. The van der Waals surface area contributed by atoms with Crippen molar-refractivity contribution < 1.29 is 0 Å². The monoisotopic (exact) mass is 190 g/mol. The van der Waals surface area contributed by atoms with E-state index in [0.29, 0.717) is 5.92 Å². The molecular formula is C12H18N2. The lowest BCUT2D eigenvalue weighted by atomic mass is 10.00. The zero-order chi connectivity index (χ0) is 9.97. The maximum atomic E-state index is 4.53. The Kier molecular flexibility index (Phi) is 2.82. The van der Waals surface area contributed by atoms with Crippen LogP contribution in [0.5, 0.6) is 0 Å². The molecule has 1 aromatic heterocycles. The number of pyridine rings is 1. The first-order valence-corrected chi connectivity index (χ1v) is 5.43. The molecule has 0 atom stereocenters. The molecule has 2 heteroatoms. The molecule has 0 saturated carbocycles. The van der Waals surface area contributed by atoms with Crippen LogP contribution in [-0.2, 0) is 19.4 Å². The Bertz CT molecular complexity index is 318. The van der Waals surface area contributed by atoms with Gasteiger partial charge in [0, 0.05) is 31.4 Å². The molecule has 0 radical (unpaired) electrons. The third-order valence-corrected chi connectivity index (χ3v) is 2.61. The van der Waals surface area contributed by atoms with Crippen LogP contribution in [0.1, 0.15) is 30.7 Å². The van der Waals surface area contributed by atoms with Crippen LogP contribution in [0.2, 0.25) is 0 Å². The Labute approximate surface area is 85.7 Å². The van der Waals surface area contributed by atoms with E-state index in [9.17, 15) is 0 Å². The van der Waals surface area contributed by atoms with Crippen molar-refractivity contribution in [3.63, 3.8) is 0 Å². The van der Waals surface area contributed by atoms with E-state index < -0.39 is 0 Å². The fraction of sp³-hybridized carbons (Fsp3) is 0.583. The van der Waals surface area contributed by atoms with Crippen LogP contribution in [0, 0.1) is 5.92 Å². The molecule has 0 amide bonds. The van der Waals surface area contributed by atoms with Gasteiger partial charge in [0.1, 0.15) is 0 Å². The van der Waals surface area contributed by atoms with Crippen molar-refractivity contribution in [1.29, 1.82) is 0 Å². The molecule has 2 nitrogen and oxygen atoms in total. The second-order valence-electron chi connectivity index (χ2n) is 4.47. The molecule has 0 fully saturated rings. The van der Waals surface area contributed by atoms with Crippen molar-refractivity contribution >= 4 is 0 Å². The predicted octanol–water partition coefficient (Wildman–Crippen LogP) is 1.93. The molecular weight excluding hydrogens is 172 g/mol. The van der Waals surface area contributed by atoms with E-state index in [1.165, 1.54) is 16.8 Å². The molecule has 0 spiro atoms. The van der Waals surface area contributed by atoms with Gasteiger partial charge in [-0.3, -0.25) is 4.98 Å². The molecule has 2 heterocycles. The van der Waals surface area contributed by atoms with Crippen LogP contribution in [0.15, 0.2) is 12.3 Å². The Hall–Kier alpha value is -0.890. The Morgan fingerprint density at radius 1 is 1.50 bits per heavy atom. The number of nitrogens with zero attached hydrogens (tertiary/aromatic N) is 1. The molecule has 0 bridgehead atoms. The summed E-state index contributed by atoms with van der Waals surface area (Å²) < 4.78 is 0. The van der Waals surface area contributed by atoms with Crippen LogP contribution < -0.4 is 5.32 Å². The number of aromatic nitrogens is 1. The third-order valence-electron chi connectivity index (χ3n) is 2.61. The SMILES string of the molecule is CC(C)Cc1cnc2c(c1)CNCC2. The van der Waals surface area contributed by atoms with E-state index in [4.69, 9.17) is 0 Å². The first kappa shape index (κ1) is 9.66. The second kappa shape index (κ2) is 4.09. The van der Waals surface area contributed by atoms with Gasteiger partial charge in [-0.05, 0) is 23.5 Å². The summed E-state index contributed by atoms with van der Waals surface area (Å²) in [5.41, 5.74) is 4.06. The van der Waals surface area contributed by atoms with E-state index in [1.54, 1.807) is 0 Å². The smallest absolute Gasteiger partial charge is 0.0461 e. The number of fused-ring (bicyclic) bond motifs is 1. The van der Waals surface area contributed by atoms with Crippen LogP contribution in [0.3, 0.4) is 0 Å². The molecule has 76 valence electrons. The minimum Gasteiger partial charge on any atom is -0.312 e. The molecule has 0 saturated heterocycles. The highest BCUT2D eigenvalue weighted by molar-refractivity contribution is 5.27. The fourth-order valence-electron chi connectivity index (χ4n) is 1.98. The number of nitrogens with one attached hydrogen (secondary N) is 1. The molecule has 1 aliphatic heterocycles. The lowest BCUT2D eigenvalue weighted by Gasteiger charge is -2.17. The molecule has 0 aliphatic carbocycles. The number of hydrogen-bond donors (Lipinski definition) is 1. The van der Waals surface area contributed by atoms with Gasteiger partial charge in [0.05, 0.1) is 0 Å². The zero-order valence-corrected chi connectivity index (χ0v) is 9.01. The molecule has 0 aromatic carbocycles.